The molecule has 1 aromatic heterocycles. The normalized spacial score (nSPS) is 12.8. The molecule has 29 heavy (non-hydrogen) atoms. The molecule has 152 valence electrons. The molecule has 0 aliphatic rings. The van der Waals surface area contributed by atoms with E-state index in [9.17, 15) is 9.90 Å². The maximum atomic E-state index is 12.1. The molecular weight excluding hydrogens is 409 g/mol. The van der Waals surface area contributed by atoms with Gasteiger partial charge in [0.1, 0.15) is 12.7 Å². The van der Waals surface area contributed by atoms with Crippen molar-refractivity contribution in [1.82, 2.24) is 4.98 Å². The number of nitrogens with zero attached hydrogens (tertiary/aromatic N) is 1. The Bertz CT molecular complexity index is 1060. The van der Waals surface area contributed by atoms with Crippen molar-refractivity contribution in [3.05, 3.63) is 63.8 Å². The summed E-state index contributed by atoms with van der Waals surface area (Å²) >= 11 is 12.6. The molecule has 1 N–H and O–H groups in total. The van der Waals surface area contributed by atoms with Crippen LogP contribution in [0.15, 0.2) is 42.5 Å². The van der Waals surface area contributed by atoms with Gasteiger partial charge in [0.15, 0.2) is 0 Å². The van der Waals surface area contributed by atoms with Gasteiger partial charge in [0.2, 0.25) is 0 Å². The maximum absolute atomic E-state index is 12.1. The molecular formula is C23H23Cl2NO3. The monoisotopic (exact) mass is 431 g/mol. The lowest BCUT2D eigenvalue weighted by molar-refractivity contribution is -0.156. The first kappa shape index (κ1) is 21.6. The average molecular weight is 432 g/mol. The summed E-state index contributed by atoms with van der Waals surface area (Å²) in [6, 6.07) is 12.9. The molecule has 2 aromatic carbocycles. The number of aromatic nitrogens is 1. The number of hydrogen-bond acceptors (Lipinski definition) is 4. The zero-order valence-electron chi connectivity index (χ0n) is 16.8. The van der Waals surface area contributed by atoms with Gasteiger partial charge in [-0.25, -0.2) is 0 Å². The number of carbonyl (C=O) groups excluding carboxylic acids is 1. The molecule has 4 nitrogen and oxygen atoms in total. The quantitative estimate of drug-likeness (QED) is 0.503. The number of hydrogen-bond donors (Lipinski definition) is 1. The maximum Gasteiger partial charge on any atom is 0.311 e. The number of esters is 1. The molecule has 0 bridgehead atoms. The number of halogens is 2. The Labute approximate surface area is 180 Å². The Morgan fingerprint density at radius 3 is 2.41 bits per heavy atom. The second kappa shape index (κ2) is 8.31. The van der Waals surface area contributed by atoms with Crippen molar-refractivity contribution in [3.63, 3.8) is 0 Å². The number of fused-ring (bicyclic) bond motifs is 1. The third kappa shape index (κ3) is 4.72. The molecule has 0 saturated carbocycles. The van der Waals surface area contributed by atoms with Crippen molar-refractivity contribution < 1.29 is 14.6 Å². The first-order chi connectivity index (χ1) is 13.6. The first-order valence-corrected chi connectivity index (χ1v) is 10.0. The van der Waals surface area contributed by atoms with Crippen molar-refractivity contribution in [2.24, 2.45) is 5.41 Å². The molecule has 0 fully saturated rings. The zero-order valence-corrected chi connectivity index (χ0v) is 18.3. The van der Waals surface area contributed by atoms with E-state index < -0.39 is 17.5 Å². The van der Waals surface area contributed by atoms with Gasteiger partial charge in [0.25, 0.3) is 0 Å². The molecule has 3 aromatic rings. The van der Waals surface area contributed by atoms with Crippen LogP contribution in [0.3, 0.4) is 0 Å². The number of rotatable bonds is 4. The predicted molar refractivity (Wildman–Crippen MR) is 117 cm³/mol. The van der Waals surface area contributed by atoms with Crippen LogP contribution in [0.25, 0.3) is 22.0 Å². The van der Waals surface area contributed by atoms with E-state index in [0.717, 1.165) is 27.7 Å². The lowest BCUT2D eigenvalue weighted by Crippen LogP contribution is -2.25. The minimum atomic E-state index is -1.09. The lowest BCUT2D eigenvalue weighted by Gasteiger charge is -2.22. The van der Waals surface area contributed by atoms with Crippen LogP contribution >= 0.6 is 23.2 Å². The molecule has 0 aliphatic heterocycles. The Kier molecular flexibility index (Phi) is 6.18. The molecule has 1 heterocycles. The van der Waals surface area contributed by atoms with E-state index in [2.05, 4.69) is 4.98 Å². The number of aliphatic hydroxyl groups excluding tert-OH is 1. The van der Waals surface area contributed by atoms with E-state index in [1.54, 1.807) is 39.0 Å². The van der Waals surface area contributed by atoms with Crippen LogP contribution < -0.4 is 0 Å². The number of carbonyl (C=O) groups is 1. The molecule has 0 amide bonds. The topological polar surface area (TPSA) is 59.4 Å². The number of ether oxygens (including phenoxy) is 1. The highest BCUT2D eigenvalue weighted by atomic mass is 35.5. The Balaban J connectivity index is 2.14. The van der Waals surface area contributed by atoms with Crippen LogP contribution in [0.4, 0.5) is 0 Å². The summed E-state index contributed by atoms with van der Waals surface area (Å²) in [6.07, 6.45) is -1.09. The van der Waals surface area contributed by atoms with Crippen molar-refractivity contribution in [2.45, 2.75) is 33.8 Å². The van der Waals surface area contributed by atoms with E-state index in [-0.39, 0.29) is 6.61 Å². The number of aliphatic hydroxyl groups is 1. The van der Waals surface area contributed by atoms with Gasteiger partial charge in [-0.1, -0.05) is 41.4 Å². The van der Waals surface area contributed by atoms with E-state index in [1.165, 1.54) is 0 Å². The van der Waals surface area contributed by atoms with E-state index in [0.29, 0.717) is 15.6 Å². The fourth-order valence-electron chi connectivity index (χ4n) is 3.07. The van der Waals surface area contributed by atoms with E-state index in [1.807, 2.05) is 31.2 Å². The molecule has 0 saturated heterocycles. The zero-order chi connectivity index (χ0) is 21.3. The molecule has 1 atom stereocenters. The summed E-state index contributed by atoms with van der Waals surface area (Å²) < 4.78 is 5.33. The van der Waals surface area contributed by atoms with E-state index in [4.69, 9.17) is 27.9 Å². The summed E-state index contributed by atoms with van der Waals surface area (Å²) in [5, 5.41) is 12.7. The second-order valence-corrected chi connectivity index (χ2v) is 8.88. The van der Waals surface area contributed by atoms with Crippen LogP contribution in [0.1, 0.15) is 38.1 Å². The van der Waals surface area contributed by atoms with Gasteiger partial charge in [0, 0.05) is 26.7 Å². The van der Waals surface area contributed by atoms with Gasteiger partial charge in [-0.3, -0.25) is 9.78 Å². The summed E-state index contributed by atoms with van der Waals surface area (Å²) in [5.41, 5.74) is 3.01. The predicted octanol–water partition coefficient (Wildman–Crippen LogP) is 6.14. The van der Waals surface area contributed by atoms with Crippen LogP contribution in [-0.4, -0.2) is 22.7 Å². The van der Waals surface area contributed by atoms with Crippen LogP contribution in [0.5, 0.6) is 0 Å². The van der Waals surface area contributed by atoms with Gasteiger partial charge < -0.3 is 9.84 Å². The molecule has 3 rings (SSSR count). The second-order valence-electron chi connectivity index (χ2n) is 8.04. The molecule has 6 heteroatoms. The fourth-order valence-corrected chi connectivity index (χ4v) is 3.52. The first-order valence-electron chi connectivity index (χ1n) is 9.29. The van der Waals surface area contributed by atoms with Gasteiger partial charge in [-0.05, 0) is 63.1 Å². The number of benzene rings is 2. The third-order valence-electron chi connectivity index (χ3n) is 4.57. The standard InChI is InChI=1S/C23H23Cl2NO3/c1-13-5-10-16-18(26-13)11-17(25)21(19(27)12-29-22(28)23(2,3)4)20(16)14-6-8-15(24)9-7-14/h5-11,19,27H,12H2,1-4H3/t19-/m1/s1. The smallest absolute Gasteiger partial charge is 0.311 e. The molecule has 0 spiro atoms. The van der Waals surface area contributed by atoms with Gasteiger partial charge >= 0.3 is 5.97 Å². The fraction of sp³-hybridized carbons (Fsp3) is 0.304. The number of aryl methyl sites for hydroxylation is 1. The molecule has 0 aliphatic carbocycles. The lowest BCUT2D eigenvalue weighted by atomic mass is 9.92. The summed E-state index contributed by atoms with van der Waals surface area (Å²) in [7, 11) is 0. The molecule has 0 unspecified atom stereocenters. The minimum absolute atomic E-state index is 0.193. The Morgan fingerprint density at radius 1 is 1.14 bits per heavy atom. The third-order valence-corrected chi connectivity index (χ3v) is 5.14. The van der Waals surface area contributed by atoms with Crippen molar-refractivity contribution >= 4 is 40.1 Å². The van der Waals surface area contributed by atoms with E-state index >= 15 is 0 Å². The molecule has 0 radical (unpaired) electrons. The highest BCUT2D eigenvalue weighted by Crippen LogP contribution is 2.40. The van der Waals surface area contributed by atoms with Gasteiger partial charge in [-0.15, -0.1) is 0 Å². The Hall–Kier alpha value is -2.14. The summed E-state index contributed by atoms with van der Waals surface area (Å²) in [6.45, 7) is 7.00. The van der Waals surface area contributed by atoms with Gasteiger partial charge in [-0.2, -0.15) is 0 Å². The summed E-state index contributed by atoms with van der Waals surface area (Å²) in [5.74, 6) is -0.390. The van der Waals surface area contributed by atoms with Crippen LogP contribution in [0.2, 0.25) is 10.0 Å². The van der Waals surface area contributed by atoms with Crippen molar-refractivity contribution in [3.8, 4) is 11.1 Å². The SMILES string of the molecule is Cc1ccc2c(-c3ccc(Cl)cc3)c([C@H](O)COC(=O)C(C)(C)C)c(Cl)cc2n1. The summed E-state index contributed by atoms with van der Waals surface area (Å²) in [4.78, 5) is 16.7. The highest BCUT2D eigenvalue weighted by Gasteiger charge is 2.26. The van der Waals surface area contributed by atoms with Crippen LogP contribution in [-0.2, 0) is 9.53 Å². The number of pyridine rings is 1. The minimum Gasteiger partial charge on any atom is -0.462 e. The average Bonchev–Trinajstić information content (AvgIpc) is 2.64. The van der Waals surface area contributed by atoms with Gasteiger partial charge in [0.05, 0.1) is 10.9 Å². The highest BCUT2D eigenvalue weighted by molar-refractivity contribution is 6.33. The van der Waals surface area contributed by atoms with Crippen molar-refractivity contribution in [1.29, 1.82) is 0 Å². The van der Waals surface area contributed by atoms with Crippen LogP contribution in [0, 0.1) is 12.3 Å². The Morgan fingerprint density at radius 2 is 1.79 bits per heavy atom. The van der Waals surface area contributed by atoms with Crippen molar-refractivity contribution in [2.75, 3.05) is 6.61 Å². The largest absolute Gasteiger partial charge is 0.462 e.